The highest BCUT2D eigenvalue weighted by atomic mass is 16.3. The molecule has 1 aliphatic carbocycles. The second-order valence-corrected chi connectivity index (χ2v) is 5.06. The van der Waals surface area contributed by atoms with Crippen molar-refractivity contribution in [1.82, 2.24) is 4.98 Å². The number of rotatable bonds is 3. The van der Waals surface area contributed by atoms with Crippen LogP contribution in [-0.2, 0) is 0 Å². The molecule has 2 unspecified atom stereocenters. The Morgan fingerprint density at radius 1 is 1.50 bits per heavy atom. The molecule has 18 heavy (non-hydrogen) atoms. The molecule has 4 heteroatoms. The smallest absolute Gasteiger partial charge is 0.144 e. The van der Waals surface area contributed by atoms with Crippen LogP contribution in [-0.4, -0.2) is 22.7 Å². The predicted molar refractivity (Wildman–Crippen MR) is 70.3 cm³/mol. The SMILES string of the molecule is Cc1cc(C)c(C#N)c(NCC2CCCC2O)n1. The van der Waals surface area contributed by atoms with Gasteiger partial charge in [0.25, 0.3) is 0 Å². The lowest BCUT2D eigenvalue weighted by Crippen LogP contribution is -2.22. The largest absolute Gasteiger partial charge is 0.393 e. The standard InChI is InChI=1S/C14H19N3O/c1-9-6-10(2)17-14(12(9)7-15)16-8-11-4-3-5-13(11)18/h6,11,13,18H,3-5,8H2,1-2H3,(H,16,17). The summed E-state index contributed by atoms with van der Waals surface area (Å²) in [5.74, 6) is 0.924. The summed E-state index contributed by atoms with van der Waals surface area (Å²) in [7, 11) is 0. The zero-order chi connectivity index (χ0) is 13.1. The first-order valence-electron chi connectivity index (χ1n) is 6.42. The van der Waals surface area contributed by atoms with Crippen LogP contribution in [0.1, 0.15) is 36.1 Å². The molecule has 1 aromatic rings. The van der Waals surface area contributed by atoms with Gasteiger partial charge in [-0.15, -0.1) is 0 Å². The number of aryl methyl sites for hydroxylation is 2. The minimum absolute atomic E-state index is 0.214. The van der Waals surface area contributed by atoms with E-state index in [0.717, 1.165) is 30.5 Å². The molecule has 0 bridgehead atoms. The van der Waals surface area contributed by atoms with Crippen LogP contribution in [0, 0.1) is 31.1 Å². The molecular formula is C14H19N3O. The van der Waals surface area contributed by atoms with Crippen molar-refractivity contribution in [2.24, 2.45) is 5.92 Å². The monoisotopic (exact) mass is 245 g/mol. The van der Waals surface area contributed by atoms with E-state index in [4.69, 9.17) is 5.26 Å². The fraction of sp³-hybridized carbons (Fsp3) is 0.571. The van der Waals surface area contributed by atoms with Crippen LogP contribution in [0.25, 0.3) is 0 Å². The number of aromatic nitrogens is 1. The predicted octanol–water partition coefficient (Wildman–Crippen LogP) is 2.14. The molecule has 2 N–H and O–H groups in total. The van der Waals surface area contributed by atoms with Gasteiger partial charge >= 0.3 is 0 Å². The Balaban J connectivity index is 2.11. The van der Waals surface area contributed by atoms with E-state index in [1.807, 2.05) is 19.9 Å². The van der Waals surface area contributed by atoms with Crippen LogP contribution in [0.3, 0.4) is 0 Å². The average Bonchev–Trinajstić information content (AvgIpc) is 2.71. The minimum atomic E-state index is -0.214. The van der Waals surface area contributed by atoms with Crippen LogP contribution in [0.4, 0.5) is 5.82 Å². The number of hydrogen-bond acceptors (Lipinski definition) is 4. The van der Waals surface area contributed by atoms with Gasteiger partial charge in [-0.05, 0) is 38.3 Å². The van der Waals surface area contributed by atoms with Crippen molar-refractivity contribution in [3.8, 4) is 6.07 Å². The average molecular weight is 245 g/mol. The Morgan fingerprint density at radius 3 is 2.89 bits per heavy atom. The molecule has 96 valence electrons. The fourth-order valence-corrected chi connectivity index (χ4v) is 2.59. The molecule has 0 spiro atoms. The Labute approximate surface area is 108 Å². The molecule has 2 atom stereocenters. The Bertz CT molecular complexity index is 479. The molecule has 1 fully saturated rings. The Hall–Kier alpha value is -1.60. The van der Waals surface area contributed by atoms with Crippen molar-refractivity contribution in [2.45, 2.75) is 39.2 Å². The summed E-state index contributed by atoms with van der Waals surface area (Å²) in [6, 6.07) is 4.10. The molecule has 1 aliphatic rings. The van der Waals surface area contributed by atoms with Gasteiger partial charge < -0.3 is 10.4 Å². The summed E-state index contributed by atoms with van der Waals surface area (Å²) in [5.41, 5.74) is 2.45. The van der Waals surface area contributed by atoms with Gasteiger partial charge in [-0.1, -0.05) is 6.42 Å². The number of aliphatic hydroxyl groups is 1. The van der Waals surface area contributed by atoms with Gasteiger partial charge in [0.15, 0.2) is 0 Å². The van der Waals surface area contributed by atoms with E-state index in [0.29, 0.717) is 17.9 Å². The first kappa shape index (κ1) is 12.8. The number of nitrogens with zero attached hydrogens (tertiary/aromatic N) is 2. The minimum Gasteiger partial charge on any atom is -0.393 e. The number of pyridine rings is 1. The third-order valence-electron chi connectivity index (χ3n) is 3.61. The molecule has 0 amide bonds. The topological polar surface area (TPSA) is 68.9 Å². The third-order valence-corrected chi connectivity index (χ3v) is 3.61. The normalized spacial score (nSPS) is 22.8. The molecular weight excluding hydrogens is 226 g/mol. The van der Waals surface area contributed by atoms with E-state index in [1.165, 1.54) is 0 Å². The summed E-state index contributed by atoms with van der Waals surface area (Å²) in [6.07, 6.45) is 2.80. The molecule has 1 heterocycles. The van der Waals surface area contributed by atoms with Crippen molar-refractivity contribution < 1.29 is 5.11 Å². The fourth-order valence-electron chi connectivity index (χ4n) is 2.59. The van der Waals surface area contributed by atoms with Gasteiger partial charge in [0.1, 0.15) is 11.9 Å². The molecule has 0 radical (unpaired) electrons. The summed E-state index contributed by atoms with van der Waals surface area (Å²) in [6.45, 7) is 4.53. The highest BCUT2D eigenvalue weighted by Gasteiger charge is 2.25. The second-order valence-electron chi connectivity index (χ2n) is 5.06. The first-order valence-corrected chi connectivity index (χ1v) is 6.42. The summed E-state index contributed by atoms with van der Waals surface area (Å²) in [4.78, 5) is 4.38. The summed E-state index contributed by atoms with van der Waals surface area (Å²) in [5, 5.41) is 22.2. The highest BCUT2D eigenvalue weighted by Crippen LogP contribution is 2.26. The second kappa shape index (κ2) is 5.36. The third kappa shape index (κ3) is 2.62. The van der Waals surface area contributed by atoms with Crippen molar-refractivity contribution in [3.05, 3.63) is 22.9 Å². The van der Waals surface area contributed by atoms with Gasteiger partial charge in [0.05, 0.1) is 11.7 Å². The number of nitriles is 1. The molecule has 1 aromatic heterocycles. The maximum atomic E-state index is 9.78. The molecule has 0 saturated heterocycles. The van der Waals surface area contributed by atoms with E-state index >= 15 is 0 Å². The van der Waals surface area contributed by atoms with Crippen molar-refractivity contribution in [3.63, 3.8) is 0 Å². The van der Waals surface area contributed by atoms with E-state index in [9.17, 15) is 5.11 Å². The van der Waals surface area contributed by atoms with Crippen LogP contribution in [0.15, 0.2) is 6.07 Å². The van der Waals surface area contributed by atoms with E-state index in [-0.39, 0.29) is 12.0 Å². The maximum Gasteiger partial charge on any atom is 0.144 e. The lowest BCUT2D eigenvalue weighted by molar-refractivity contribution is 0.138. The quantitative estimate of drug-likeness (QED) is 0.856. The highest BCUT2D eigenvalue weighted by molar-refractivity contribution is 5.56. The molecule has 4 nitrogen and oxygen atoms in total. The molecule has 0 aliphatic heterocycles. The van der Waals surface area contributed by atoms with Gasteiger partial charge in [-0.3, -0.25) is 0 Å². The Kier molecular flexibility index (Phi) is 3.83. The van der Waals surface area contributed by atoms with Crippen LogP contribution in [0.2, 0.25) is 0 Å². The van der Waals surface area contributed by atoms with E-state index < -0.39 is 0 Å². The number of nitrogens with one attached hydrogen (secondary N) is 1. The Morgan fingerprint density at radius 2 is 2.28 bits per heavy atom. The van der Waals surface area contributed by atoms with Crippen molar-refractivity contribution in [2.75, 3.05) is 11.9 Å². The molecule has 0 aromatic carbocycles. The molecule has 1 saturated carbocycles. The number of anilines is 1. The van der Waals surface area contributed by atoms with Crippen molar-refractivity contribution in [1.29, 1.82) is 5.26 Å². The molecule has 2 rings (SSSR count). The zero-order valence-electron chi connectivity index (χ0n) is 10.9. The van der Waals surface area contributed by atoms with E-state index in [2.05, 4.69) is 16.4 Å². The van der Waals surface area contributed by atoms with Gasteiger partial charge in [-0.25, -0.2) is 4.98 Å². The lowest BCUT2D eigenvalue weighted by Gasteiger charge is -2.17. The van der Waals surface area contributed by atoms with Crippen LogP contribution >= 0.6 is 0 Å². The maximum absolute atomic E-state index is 9.78. The van der Waals surface area contributed by atoms with Crippen LogP contribution in [0.5, 0.6) is 0 Å². The number of hydrogen-bond donors (Lipinski definition) is 2. The summed E-state index contributed by atoms with van der Waals surface area (Å²) < 4.78 is 0. The lowest BCUT2D eigenvalue weighted by atomic mass is 10.1. The van der Waals surface area contributed by atoms with Gasteiger partial charge in [-0.2, -0.15) is 5.26 Å². The van der Waals surface area contributed by atoms with Crippen LogP contribution < -0.4 is 5.32 Å². The van der Waals surface area contributed by atoms with Gasteiger partial charge in [0, 0.05) is 18.2 Å². The number of aliphatic hydroxyl groups excluding tert-OH is 1. The van der Waals surface area contributed by atoms with Crippen molar-refractivity contribution >= 4 is 5.82 Å². The first-order chi connectivity index (χ1) is 8.61. The van der Waals surface area contributed by atoms with Gasteiger partial charge in [0.2, 0.25) is 0 Å². The zero-order valence-corrected chi connectivity index (χ0v) is 10.9. The van der Waals surface area contributed by atoms with E-state index in [1.54, 1.807) is 0 Å². The summed E-state index contributed by atoms with van der Waals surface area (Å²) >= 11 is 0.